The Bertz CT molecular complexity index is 1080. The lowest BCUT2D eigenvalue weighted by Gasteiger charge is -2.29. The van der Waals surface area contributed by atoms with Gasteiger partial charge in [0.1, 0.15) is 5.76 Å². The summed E-state index contributed by atoms with van der Waals surface area (Å²) in [5.74, 6) is 1.61. The Morgan fingerprint density at radius 2 is 1.34 bits per heavy atom. The molecule has 0 atom stereocenters. The third kappa shape index (κ3) is 3.88. The van der Waals surface area contributed by atoms with E-state index >= 15 is 0 Å². The van der Waals surface area contributed by atoms with Crippen molar-refractivity contribution in [1.29, 1.82) is 0 Å². The van der Waals surface area contributed by atoms with E-state index in [9.17, 15) is 0 Å². The van der Waals surface area contributed by atoms with Crippen LogP contribution in [0, 0.1) is 19.3 Å². The number of benzene rings is 3. The Balaban J connectivity index is 2.06. The van der Waals surface area contributed by atoms with Crippen LogP contribution in [0.3, 0.4) is 0 Å². The Morgan fingerprint density at radius 3 is 1.90 bits per heavy atom. The van der Waals surface area contributed by atoms with Gasteiger partial charge < -0.3 is 4.74 Å². The van der Waals surface area contributed by atoms with Gasteiger partial charge in [-0.2, -0.15) is 0 Å². The quantitative estimate of drug-likeness (QED) is 0.455. The van der Waals surface area contributed by atoms with Crippen LogP contribution in [0.5, 0.6) is 0 Å². The summed E-state index contributed by atoms with van der Waals surface area (Å²) >= 11 is 0. The highest BCUT2D eigenvalue weighted by atomic mass is 16.5. The van der Waals surface area contributed by atoms with Gasteiger partial charge in [-0.25, -0.2) is 4.99 Å². The summed E-state index contributed by atoms with van der Waals surface area (Å²) in [6.07, 6.45) is 0. The van der Waals surface area contributed by atoms with Crippen molar-refractivity contribution in [2.24, 2.45) is 10.4 Å². The molecule has 3 aromatic carbocycles. The first-order valence-electron chi connectivity index (χ1n) is 10.1. The van der Waals surface area contributed by atoms with E-state index < -0.39 is 0 Å². The van der Waals surface area contributed by atoms with Gasteiger partial charge in [0.05, 0.1) is 5.69 Å². The van der Waals surface area contributed by atoms with Crippen molar-refractivity contribution in [3.8, 4) is 0 Å². The Labute approximate surface area is 173 Å². The van der Waals surface area contributed by atoms with Gasteiger partial charge in [-0.3, -0.25) is 0 Å². The molecular formula is C27H27NO. The summed E-state index contributed by atoms with van der Waals surface area (Å²) < 4.78 is 6.56. The van der Waals surface area contributed by atoms with Crippen LogP contribution in [0.1, 0.15) is 48.6 Å². The molecule has 2 heteroatoms. The number of hydrogen-bond donors (Lipinski definition) is 0. The Morgan fingerprint density at radius 1 is 0.759 bits per heavy atom. The summed E-state index contributed by atoms with van der Waals surface area (Å²) in [7, 11) is 0. The van der Waals surface area contributed by atoms with Crippen molar-refractivity contribution in [3.63, 3.8) is 0 Å². The van der Waals surface area contributed by atoms with Crippen molar-refractivity contribution in [2.75, 3.05) is 0 Å². The number of fused-ring (bicyclic) bond motifs is 1. The van der Waals surface area contributed by atoms with E-state index in [2.05, 4.69) is 95.3 Å². The van der Waals surface area contributed by atoms with Crippen LogP contribution in [0.25, 0.3) is 11.3 Å². The van der Waals surface area contributed by atoms with Crippen molar-refractivity contribution in [1.82, 2.24) is 0 Å². The molecule has 1 heterocycles. The molecule has 4 rings (SSSR count). The molecule has 0 aromatic heterocycles. The van der Waals surface area contributed by atoms with Crippen molar-refractivity contribution < 1.29 is 4.74 Å². The van der Waals surface area contributed by atoms with Crippen LogP contribution in [0.15, 0.2) is 77.8 Å². The maximum absolute atomic E-state index is 6.56. The predicted molar refractivity (Wildman–Crippen MR) is 122 cm³/mol. The largest absolute Gasteiger partial charge is 0.441 e. The van der Waals surface area contributed by atoms with E-state index in [4.69, 9.17) is 9.73 Å². The van der Waals surface area contributed by atoms with Crippen LogP contribution in [-0.4, -0.2) is 5.90 Å². The first kappa shape index (κ1) is 19.2. The third-order valence-electron chi connectivity index (χ3n) is 5.05. The van der Waals surface area contributed by atoms with Crippen LogP contribution in [0.4, 0.5) is 5.69 Å². The third-order valence-corrected chi connectivity index (χ3v) is 5.05. The van der Waals surface area contributed by atoms with Crippen LogP contribution < -0.4 is 0 Å². The minimum absolute atomic E-state index is 0.191. The fourth-order valence-electron chi connectivity index (χ4n) is 3.58. The lowest BCUT2D eigenvalue weighted by Crippen LogP contribution is -2.25. The van der Waals surface area contributed by atoms with Gasteiger partial charge in [0.25, 0.3) is 0 Å². The Hall–Kier alpha value is -3.13. The number of nitrogens with zero attached hydrogens (tertiary/aromatic N) is 1. The molecular weight excluding hydrogens is 354 g/mol. The lowest BCUT2D eigenvalue weighted by molar-refractivity contribution is 0.403. The van der Waals surface area contributed by atoms with E-state index in [1.807, 2.05) is 12.1 Å². The first-order valence-corrected chi connectivity index (χ1v) is 10.1. The second-order valence-electron chi connectivity index (χ2n) is 8.73. The maximum Gasteiger partial charge on any atom is 0.200 e. The molecule has 0 bridgehead atoms. The van der Waals surface area contributed by atoms with Gasteiger partial charge in [0, 0.05) is 16.6 Å². The second-order valence-corrected chi connectivity index (χ2v) is 8.73. The minimum Gasteiger partial charge on any atom is -0.441 e. The highest BCUT2D eigenvalue weighted by Crippen LogP contribution is 2.42. The zero-order chi connectivity index (χ0) is 20.6. The van der Waals surface area contributed by atoms with Crippen molar-refractivity contribution in [3.05, 3.63) is 101 Å². The van der Waals surface area contributed by atoms with Crippen molar-refractivity contribution >= 4 is 22.9 Å². The zero-order valence-corrected chi connectivity index (χ0v) is 17.8. The smallest absolute Gasteiger partial charge is 0.200 e. The van der Waals surface area contributed by atoms with Crippen LogP contribution in [-0.2, 0) is 4.74 Å². The molecule has 2 nitrogen and oxygen atoms in total. The van der Waals surface area contributed by atoms with E-state index in [0.29, 0.717) is 0 Å². The average molecular weight is 382 g/mol. The summed E-state index contributed by atoms with van der Waals surface area (Å²) in [5.41, 5.74) is 7.63. The van der Waals surface area contributed by atoms with Gasteiger partial charge in [0.15, 0.2) is 0 Å². The topological polar surface area (TPSA) is 21.6 Å². The molecule has 0 unspecified atom stereocenters. The standard InChI is InChI=1S/C27H27NO/c1-18-10-8-12-20(16-18)24(21-13-9-11-19(2)17-21)25-22-14-6-7-15-23(22)28-26(29-25)27(3,4)5/h6-17H,1-5H3. The van der Waals surface area contributed by atoms with Gasteiger partial charge >= 0.3 is 0 Å². The molecule has 1 aliphatic heterocycles. The highest BCUT2D eigenvalue weighted by molar-refractivity contribution is 6.04. The summed E-state index contributed by atoms with van der Waals surface area (Å²) in [5, 5.41) is 0. The summed E-state index contributed by atoms with van der Waals surface area (Å²) in [4.78, 5) is 4.83. The summed E-state index contributed by atoms with van der Waals surface area (Å²) in [6.45, 7) is 10.7. The monoisotopic (exact) mass is 381 g/mol. The summed E-state index contributed by atoms with van der Waals surface area (Å²) in [6, 6.07) is 25.5. The van der Waals surface area contributed by atoms with Gasteiger partial charge in [0.2, 0.25) is 5.90 Å². The highest BCUT2D eigenvalue weighted by Gasteiger charge is 2.30. The average Bonchev–Trinajstić information content (AvgIpc) is 2.67. The van der Waals surface area contributed by atoms with E-state index in [1.165, 1.54) is 11.1 Å². The van der Waals surface area contributed by atoms with Gasteiger partial charge in [-0.05, 0) is 37.1 Å². The van der Waals surface area contributed by atoms with Gasteiger partial charge in [-0.15, -0.1) is 0 Å². The Kier molecular flexibility index (Phi) is 4.87. The molecule has 0 N–H and O–H groups in total. The van der Waals surface area contributed by atoms with Crippen LogP contribution in [0.2, 0.25) is 0 Å². The number of hydrogen-bond acceptors (Lipinski definition) is 2. The molecule has 0 fully saturated rings. The zero-order valence-electron chi connectivity index (χ0n) is 17.8. The normalized spacial score (nSPS) is 13.4. The fourth-order valence-corrected chi connectivity index (χ4v) is 3.58. The molecule has 146 valence electrons. The molecule has 3 aromatic rings. The number of ether oxygens (including phenoxy) is 1. The molecule has 0 saturated heterocycles. The number of rotatable bonds is 2. The second kappa shape index (κ2) is 7.36. The SMILES string of the molecule is Cc1cccc(C(=C2OC(C(C)(C)C)=Nc3ccccc32)c2cccc(C)c2)c1. The first-order chi connectivity index (χ1) is 13.8. The molecule has 29 heavy (non-hydrogen) atoms. The molecule has 1 aliphatic rings. The molecule has 0 amide bonds. The predicted octanol–water partition coefficient (Wildman–Crippen LogP) is 7.33. The maximum atomic E-state index is 6.56. The number of aryl methyl sites for hydroxylation is 2. The van der Waals surface area contributed by atoms with Gasteiger partial charge in [-0.1, -0.05) is 92.6 Å². The van der Waals surface area contributed by atoms with E-state index in [1.54, 1.807) is 0 Å². The van der Waals surface area contributed by atoms with Crippen LogP contribution >= 0.6 is 0 Å². The minimum atomic E-state index is -0.191. The fraction of sp³-hybridized carbons (Fsp3) is 0.222. The number of para-hydroxylation sites is 1. The molecule has 0 spiro atoms. The molecule has 0 radical (unpaired) electrons. The van der Waals surface area contributed by atoms with Crippen molar-refractivity contribution in [2.45, 2.75) is 34.6 Å². The molecule has 0 saturated carbocycles. The lowest BCUT2D eigenvalue weighted by atomic mass is 9.90. The molecule has 0 aliphatic carbocycles. The van der Waals surface area contributed by atoms with E-state index in [0.717, 1.165) is 39.6 Å². The van der Waals surface area contributed by atoms with E-state index in [-0.39, 0.29) is 5.41 Å². The number of aliphatic imine (C=N–C) groups is 1.